The molecule has 0 saturated carbocycles. The van der Waals surface area contributed by atoms with Gasteiger partial charge in [-0.3, -0.25) is 9.78 Å². The first kappa shape index (κ1) is 21.3. The Hall–Kier alpha value is -3.95. The van der Waals surface area contributed by atoms with Crippen molar-refractivity contribution in [2.75, 3.05) is 17.7 Å². The van der Waals surface area contributed by atoms with Crippen LogP contribution in [0.2, 0.25) is 0 Å². The maximum absolute atomic E-state index is 14.1. The van der Waals surface area contributed by atoms with E-state index in [1.807, 2.05) is 0 Å². The van der Waals surface area contributed by atoms with Crippen molar-refractivity contribution in [2.24, 2.45) is 0 Å². The Morgan fingerprint density at radius 3 is 2.53 bits per heavy atom. The highest BCUT2D eigenvalue weighted by Gasteiger charge is 2.41. The zero-order valence-corrected chi connectivity index (χ0v) is 17.4. The number of hydrogen-bond acceptors (Lipinski definition) is 5. The third kappa shape index (κ3) is 3.86. The molecule has 0 saturated heterocycles. The molecule has 0 aliphatic carbocycles. The molecule has 0 aliphatic heterocycles. The lowest BCUT2D eigenvalue weighted by Gasteiger charge is -2.14. The molecule has 0 bridgehead atoms. The van der Waals surface area contributed by atoms with Gasteiger partial charge < -0.3 is 10.6 Å². The van der Waals surface area contributed by atoms with Crippen molar-refractivity contribution < 1.29 is 18.0 Å². The molecular formula is C22H19F3N6O. The van der Waals surface area contributed by atoms with Gasteiger partial charge in [0.15, 0.2) is 5.69 Å². The second-order valence-corrected chi connectivity index (χ2v) is 7.27. The molecule has 3 heterocycles. The zero-order valence-electron chi connectivity index (χ0n) is 17.4. The maximum Gasteiger partial charge on any atom is 0.434 e. The molecule has 0 fully saturated rings. The normalized spacial score (nSPS) is 11.6. The summed E-state index contributed by atoms with van der Waals surface area (Å²) in [7, 11) is 1.70. The lowest BCUT2D eigenvalue weighted by Crippen LogP contribution is -2.21. The van der Waals surface area contributed by atoms with E-state index in [1.165, 1.54) is 12.3 Å². The highest BCUT2D eigenvalue weighted by atomic mass is 19.4. The third-order valence-corrected chi connectivity index (χ3v) is 4.92. The van der Waals surface area contributed by atoms with Gasteiger partial charge in [0.1, 0.15) is 5.82 Å². The monoisotopic (exact) mass is 440 g/mol. The maximum atomic E-state index is 14.1. The molecule has 0 atom stereocenters. The molecule has 1 aromatic carbocycles. The summed E-state index contributed by atoms with van der Waals surface area (Å²) in [4.78, 5) is 21.2. The summed E-state index contributed by atoms with van der Waals surface area (Å²) < 4.78 is 43.0. The van der Waals surface area contributed by atoms with Crippen molar-refractivity contribution in [3.05, 3.63) is 71.3 Å². The molecule has 164 valence electrons. The topological polar surface area (TPSA) is 84.7 Å². The Kier molecular flexibility index (Phi) is 5.29. The number of alkyl halides is 3. The summed E-state index contributed by atoms with van der Waals surface area (Å²) in [5.41, 5.74) is 0.741. The van der Waals surface area contributed by atoms with Gasteiger partial charge in [-0.2, -0.15) is 18.3 Å². The Morgan fingerprint density at radius 2 is 1.84 bits per heavy atom. The van der Waals surface area contributed by atoms with Crippen LogP contribution in [-0.2, 0) is 6.18 Å². The van der Waals surface area contributed by atoms with Gasteiger partial charge in [-0.25, -0.2) is 9.67 Å². The number of carbonyl (C=O) groups is 1. The molecule has 4 rings (SSSR count). The van der Waals surface area contributed by atoms with Gasteiger partial charge in [0.2, 0.25) is 0 Å². The first-order valence-electron chi connectivity index (χ1n) is 9.65. The van der Waals surface area contributed by atoms with Crippen LogP contribution in [-0.4, -0.2) is 32.7 Å². The minimum Gasteiger partial charge on any atom is -0.373 e. The van der Waals surface area contributed by atoms with E-state index in [4.69, 9.17) is 0 Å². The summed E-state index contributed by atoms with van der Waals surface area (Å²) >= 11 is 0. The first-order chi connectivity index (χ1) is 15.2. The molecule has 10 heteroatoms. The Labute approximate surface area is 181 Å². The number of aryl methyl sites for hydroxylation is 2. The van der Waals surface area contributed by atoms with E-state index in [1.54, 1.807) is 51.4 Å². The molecule has 32 heavy (non-hydrogen) atoms. The van der Waals surface area contributed by atoms with Crippen molar-refractivity contribution in [2.45, 2.75) is 20.0 Å². The van der Waals surface area contributed by atoms with E-state index in [0.717, 1.165) is 22.0 Å². The SMILES string of the molecule is CNc1ncc(NC(=O)c2cnn(-c3cccc4ncc(C)cc34)c2C(F)(F)F)cc1C. The lowest BCUT2D eigenvalue weighted by molar-refractivity contribution is -0.143. The summed E-state index contributed by atoms with van der Waals surface area (Å²) in [6.07, 6.45) is -0.906. The standard InChI is InChI=1S/C22H19F3N6O/c1-12-7-15-17(27-9-12)5-4-6-18(15)31-19(22(23,24)25)16(11-29-31)21(32)30-14-8-13(2)20(26-3)28-10-14/h4-11H,1-3H3,(H,26,28)(H,30,32). The predicted octanol–water partition coefficient (Wildman–Crippen LogP) is 4.75. The number of pyridine rings is 2. The minimum absolute atomic E-state index is 0.181. The van der Waals surface area contributed by atoms with Gasteiger partial charge in [0.05, 0.1) is 34.8 Å². The largest absolute Gasteiger partial charge is 0.434 e. The van der Waals surface area contributed by atoms with Crippen molar-refractivity contribution in [1.82, 2.24) is 19.7 Å². The number of halogens is 3. The van der Waals surface area contributed by atoms with Crippen LogP contribution in [0.15, 0.2) is 48.9 Å². The molecule has 0 radical (unpaired) electrons. The predicted molar refractivity (Wildman–Crippen MR) is 115 cm³/mol. The van der Waals surface area contributed by atoms with Gasteiger partial charge >= 0.3 is 6.18 Å². The van der Waals surface area contributed by atoms with E-state index >= 15 is 0 Å². The number of fused-ring (bicyclic) bond motifs is 1. The van der Waals surface area contributed by atoms with E-state index in [2.05, 4.69) is 25.7 Å². The second-order valence-electron chi connectivity index (χ2n) is 7.27. The number of rotatable bonds is 4. The number of anilines is 2. The zero-order chi connectivity index (χ0) is 23.0. The number of benzene rings is 1. The quantitative estimate of drug-likeness (QED) is 0.479. The minimum atomic E-state index is -4.83. The van der Waals surface area contributed by atoms with Gasteiger partial charge in [-0.1, -0.05) is 6.07 Å². The molecule has 0 spiro atoms. The Morgan fingerprint density at radius 1 is 1.06 bits per heavy atom. The summed E-state index contributed by atoms with van der Waals surface area (Å²) in [5, 5.41) is 9.78. The average Bonchev–Trinajstić information content (AvgIpc) is 3.19. The number of nitrogens with one attached hydrogen (secondary N) is 2. The number of aromatic nitrogens is 4. The van der Waals surface area contributed by atoms with Crippen LogP contribution in [0.3, 0.4) is 0 Å². The van der Waals surface area contributed by atoms with Gasteiger partial charge in [-0.15, -0.1) is 0 Å². The highest BCUT2D eigenvalue weighted by Crippen LogP contribution is 2.35. The van der Waals surface area contributed by atoms with Crippen LogP contribution in [0.25, 0.3) is 16.6 Å². The fraction of sp³-hybridized carbons (Fsp3) is 0.182. The second kappa shape index (κ2) is 7.95. The highest BCUT2D eigenvalue weighted by molar-refractivity contribution is 6.05. The average molecular weight is 440 g/mol. The van der Waals surface area contributed by atoms with Crippen molar-refractivity contribution in [3.8, 4) is 5.69 Å². The number of carbonyl (C=O) groups excluding carboxylic acids is 1. The fourth-order valence-electron chi connectivity index (χ4n) is 3.50. The van der Waals surface area contributed by atoms with E-state index in [9.17, 15) is 18.0 Å². The molecule has 3 aromatic heterocycles. The van der Waals surface area contributed by atoms with Gasteiger partial charge in [0.25, 0.3) is 5.91 Å². The number of nitrogens with zero attached hydrogens (tertiary/aromatic N) is 4. The van der Waals surface area contributed by atoms with Crippen molar-refractivity contribution in [1.29, 1.82) is 0 Å². The molecule has 4 aromatic rings. The van der Waals surface area contributed by atoms with E-state index in [-0.39, 0.29) is 11.4 Å². The molecule has 7 nitrogen and oxygen atoms in total. The van der Waals surface area contributed by atoms with Crippen LogP contribution in [0.5, 0.6) is 0 Å². The van der Waals surface area contributed by atoms with Crippen LogP contribution in [0, 0.1) is 13.8 Å². The lowest BCUT2D eigenvalue weighted by atomic mass is 10.1. The molecule has 0 aliphatic rings. The van der Waals surface area contributed by atoms with Crippen LogP contribution < -0.4 is 10.6 Å². The van der Waals surface area contributed by atoms with Gasteiger partial charge in [-0.05, 0) is 49.2 Å². The smallest absolute Gasteiger partial charge is 0.373 e. The Bertz CT molecular complexity index is 1330. The van der Waals surface area contributed by atoms with E-state index < -0.39 is 23.3 Å². The van der Waals surface area contributed by atoms with Crippen molar-refractivity contribution >= 4 is 28.3 Å². The summed E-state index contributed by atoms with van der Waals surface area (Å²) in [5.74, 6) is -0.330. The van der Waals surface area contributed by atoms with E-state index in [0.29, 0.717) is 16.7 Å². The van der Waals surface area contributed by atoms with Crippen molar-refractivity contribution in [3.63, 3.8) is 0 Å². The van der Waals surface area contributed by atoms with Crippen LogP contribution >= 0.6 is 0 Å². The summed E-state index contributed by atoms with van der Waals surface area (Å²) in [6.45, 7) is 3.56. The number of hydrogen-bond donors (Lipinski definition) is 2. The summed E-state index contributed by atoms with van der Waals surface area (Å²) in [6, 6.07) is 8.16. The first-order valence-corrected chi connectivity index (χ1v) is 9.65. The molecular weight excluding hydrogens is 421 g/mol. The molecule has 0 unspecified atom stereocenters. The number of amides is 1. The third-order valence-electron chi connectivity index (χ3n) is 4.92. The van der Waals surface area contributed by atoms with Crippen LogP contribution in [0.4, 0.5) is 24.7 Å². The fourth-order valence-corrected chi connectivity index (χ4v) is 3.50. The van der Waals surface area contributed by atoms with Crippen LogP contribution in [0.1, 0.15) is 27.2 Å². The Balaban J connectivity index is 1.80. The molecule has 1 amide bonds. The molecule has 2 N–H and O–H groups in total. The van der Waals surface area contributed by atoms with Gasteiger partial charge in [0, 0.05) is 18.6 Å².